The van der Waals surface area contributed by atoms with Crippen LogP contribution in [-0.4, -0.2) is 40.1 Å². The van der Waals surface area contributed by atoms with Gasteiger partial charge in [0.2, 0.25) is 11.8 Å². The summed E-state index contributed by atoms with van der Waals surface area (Å²) >= 11 is 0. The number of hydrogen-bond acceptors (Lipinski definition) is 4. The Morgan fingerprint density at radius 3 is 2.67 bits per heavy atom. The molecule has 1 fully saturated rings. The molecular formula is C19H21N5O3. The van der Waals surface area contributed by atoms with E-state index in [4.69, 9.17) is 0 Å². The highest BCUT2D eigenvalue weighted by Gasteiger charge is 2.28. The van der Waals surface area contributed by atoms with E-state index in [0.29, 0.717) is 30.6 Å². The molecule has 2 heterocycles. The molecule has 1 atom stereocenters. The molecule has 8 nitrogen and oxygen atoms in total. The van der Waals surface area contributed by atoms with Gasteiger partial charge in [-0.25, -0.2) is 0 Å². The number of rotatable bonds is 5. The quantitative estimate of drug-likeness (QED) is 0.782. The van der Waals surface area contributed by atoms with Gasteiger partial charge in [0.25, 0.3) is 5.91 Å². The first-order valence-electron chi connectivity index (χ1n) is 8.59. The molecule has 2 aromatic rings. The van der Waals surface area contributed by atoms with Crippen molar-refractivity contribution in [1.29, 1.82) is 0 Å². The van der Waals surface area contributed by atoms with Crippen molar-refractivity contribution in [2.45, 2.75) is 18.9 Å². The van der Waals surface area contributed by atoms with Gasteiger partial charge in [0.05, 0.1) is 11.9 Å². The van der Waals surface area contributed by atoms with Crippen LogP contribution in [-0.2, 0) is 16.6 Å². The van der Waals surface area contributed by atoms with E-state index in [-0.39, 0.29) is 23.8 Å². The van der Waals surface area contributed by atoms with Crippen molar-refractivity contribution >= 4 is 29.1 Å². The molecule has 0 bridgehead atoms. The highest BCUT2D eigenvalue weighted by Crippen LogP contribution is 2.20. The Hall–Kier alpha value is -3.42. The van der Waals surface area contributed by atoms with Gasteiger partial charge in [-0.1, -0.05) is 6.58 Å². The van der Waals surface area contributed by atoms with Crippen LogP contribution in [0.4, 0.5) is 11.4 Å². The lowest BCUT2D eigenvalue weighted by molar-refractivity contribution is -0.119. The number of nitrogens with zero attached hydrogens (tertiary/aromatic N) is 3. The van der Waals surface area contributed by atoms with Gasteiger partial charge in [0, 0.05) is 43.5 Å². The molecule has 8 heteroatoms. The van der Waals surface area contributed by atoms with Gasteiger partial charge in [0.1, 0.15) is 0 Å². The Labute approximate surface area is 156 Å². The van der Waals surface area contributed by atoms with Crippen molar-refractivity contribution in [1.82, 2.24) is 15.1 Å². The largest absolute Gasteiger partial charge is 0.347 e. The van der Waals surface area contributed by atoms with E-state index in [1.807, 2.05) is 0 Å². The van der Waals surface area contributed by atoms with Crippen molar-refractivity contribution in [3.05, 3.63) is 54.9 Å². The first-order valence-corrected chi connectivity index (χ1v) is 8.59. The fourth-order valence-corrected chi connectivity index (χ4v) is 2.93. The zero-order chi connectivity index (χ0) is 19.4. The van der Waals surface area contributed by atoms with Crippen molar-refractivity contribution in [3.8, 4) is 0 Å². The van der Waals surface area contributed by atoms with Gasteiger partial charge < -0.3 is 15.5 Å². The molecule has 2 N–H and O–H groups in total. The Morgan fingerprint density at radius 1 is 1.30 bits per heavy atom. The van der Waals surface area contributed by atoms with Gasteiger partial charge in [0.15, 0.2) is 0 Å². The van der Waals surface area contributed by atoms with Crippen LogP contribution < -0.4 is 15.5 Å². The summed E-state index contributed by atoms with van der Waals surface area (Å²) in [5.74, 6) is -0.507. The van der Waals surface area contributed by atoms with Gasteiger partial charge in [-0.2, -0.15) is 5.10 Å². The van der Waals surface area contributed by atoms with Crippen molar-refractivity contribution in [3.63, 3.8) is 0 Å². The molecule has 0 spiro atoms. The van der Waals surface area contributed by atoms with Gasteiger partial charge in [-0.15, -0.1) is 0 Å². The summed E-state index contributed by atoms with van der Waals surface area (Å²) in [7, 11) is 1.79. The lowest BCUT2D eigenvalue weighted by Gasteiger charge is -2.32. The maximum absolute atomic E-state index is 12.5. The number of carbonyl (C=O) groups excluding carboxylic acids is 3. The summed E-state index contributed by atoms with van der Waals surface area (Å²) in [5, 5.41) is 9.69. The van der Waals surface area contributed by atoms with Gasteiger partial charge in [-0.3, -0.25) is 19.1 Å². The molecule has 1 aliphatic rings. The summed E-state index contributed by atoms with van der Waals surface area (Å²) in [6, 6.07) is 6.45. The number of amides is 3. The number of anilines is 2. The number of carbonyl (C=O) groups is 3. The first kappa shape index (κ1) is 18.4. The van der Waals surface area contributed by atoms with Crippen molar-refractivity contribution in [2.24, 2.45) is 7.05 Å². The summed E-state index contributed by atoms with van der Waals surface area (Å²) in [6.45, 7) is 3.80. The van der Waals surface area contributed by atoms with Gasteiger partial charge >= 0.3 is 0 Å². The number of piperidine rings is 1. The SMILES string of the molecule is C=CC(=O)Nc1ccc(C(=O)NC2CCC(=O)N(c3cnn(C)c3)C2)cc1. The first-order chi connectivity index (χ1) is 13.0. The number of benzene rings is 1. The van der Waals surface area contributed by atoms with Crippen LogP contribution in [0.25, 0.3) is 0 Å². The van der Waals surface area contributed by atoms with Crippen molar-refractivity contribution < 1.29 is 14.4 Å². The molecule has 1 aliphatic heterocycles. The Balaban J connectivity index is 1.62. The van der Waals surface area contributed by atoms with Crippen molar-refractivity contribution in [2.75, 3.05) is 16.8 Å². The number of hydrogen-bond donors (Lipinski definition) is 2. The normalized spacial score (nSPS) is 16.7. The molecule has 140 valence electrons. The average molecular weight is 367 g/mol. The molecule has 1 saturated heterocycles. The maximum atomic E-state index is 12.5. The third-order valence-electron chi connectivity index (χ3n) is 4.35. The number of nitrogens with one attached hydrogen (secondary N) is 2. The topological polar surface area (TPSA) is 96.3 Å². The molecule has 1 aromatic heterocycles. The molecule has 3 rings (SSSR count). The zero-order valence-electron chi connectivity index (χ0n) is 15.0. The molecule has 1 aromatic carbocycles. The summed E-state index contributed by atoms with van der Waals surface area (Å²) < 4.78 is 1.64. The monoisotopic (exact) mass is 367 g/mol. The van der Waals surface area contributed by atoms with E-state index in [1.165, 1.54) is 6.08 Å². The molecule has 3 amide bonds. The van der Waals surface area contributed by atoms with Crippen LogP contribution in [0.3, 0.4) is 0 Å². The summed E-state index contributed by atoms with van der Waals surface area (Å²) in [5.41, 5.74) is 1.79. The smallest absolute Gasteiger partial charge is 0.251 e. The van der Waals surface area contributed by atoms with E-state index >= 15 is 0 Å². The van der Waals surface area contributed by atoms with E-state index in [0.717, 1.165) is 5.69 Å². The van der Waals surface area contributed by atoms with Crippen LogP contribution in [0.2, 0.25) is 0 Å². The predicted octanol–water partition coefficient (Wildman–Crippen LogP) is 1.47. The highest BCUT2D eigenvalue weighted by molar-refractivity contribution is 6.00. The fourth-order valence-electron chi connectivity index (χ4n) is 2.93. The molecule has 0 saturated carbocycles. The van der Waals surface area contributed by atoms with Crippen LogP contribution in [0, 0.1) is 0 Å². The number of aryl methyl sites for hydroxylation is 1. The summed E-state index contributed by atoms with van der Waals surface area (Å²) in [4.78, 5) is 37.6. The second-order valence-corrected chi connectivity index (χ2v) is 6.36. The second-order valence-electron chi connectivity index (χ2n) is 6.36. The Kier molecular flexibility index (Phi) is 5.35. The molecular weight excluding hydrogens is 346 g/mol. The minimum absolute atomic E-state index is 0.0239. The third-order valence-corrected chi connectivity index (χ3v) is 4.35. The van der Waals surface area contributed by atoms with Crippen LogP contribution in [0.1, 0.15) is 23.2 Å². The van der Waals surface area contributed by atoms with Crippen LogP contribution in [0.15, 0.2) is 49.3 Å². The Bertz CT molecular complexity index is 872. The molecule has 1 unspecified atom stereocenters. The molecule has 0 radical (unpaired) electrons. The minimum Gasteiger partial charge on any atom is -0.347 e. The average Bonchev–Trinajstić information content (AvgIpc) is 3.09. The van der Waals surface area contributed by atoms with E-state index in [9.17, 15) is 14.4 Å². The lowest BCUT2D eigenvalue weighted by atomic mass is 10.0. The van der Waals surface area contributed by atoms with Crippen LogP contribution >= 0.6 is 0 Å². The molecule has 27 heavy (non-hydrogen) atoms. The standard InChI is InChI=1S/C19H21N5O3/c1-3-17(25)21-14-6-4-13(5-7-14)19(27)22-15-8-9-18(26)24(11-15)16-10-20-23(2)12-16/h3-7,10,12,15H,1,8-9,11H2,2H3,(H,21,25)(H,22,27). The summed E-state index contributed by atoms with van der Waals surface area (Å²) in [6.07, 6.45) is 5.55. The highest BCUT2D eigenvalue weighted by atomic mass is 16.2. The van der Waals surface area contributed by atoms with E-state index < -0.39 is 0 Å². The molecule has 0 aliphatic carbocycles. The predicted molar refractivity (Wildman–Crippen MR) is 101 cm³/mol. The second kappa shape index (κ2) is 7.86. The maximum Gasteiger partial charge on any atom is 0.251 e. The van der Waals surface area contributed by atoms with Crippen LogP contribution in [0.5, 0.6) is 0 Å². The fraction of sp³-hybridized carbons (Fsp3) is 0.263. The van der Waals surface area contributed by atoms with Gasteiger partial charge in [-0.05, 0) is 36.8 Å². The number of aromatic nitrogens is 2. The Morgan fingerprint density at radius 2 is 2.04 bits per heavy atom. The van der Waals surface area contributed by atoms with E-state index in [2.05, 4.69) is 22.3 Å². The lowest BCUT2D eigenvalue weighted by Crippen LogP contribution is -2.50. The van der Waals surface area contributed by atoms with E-state index in [1.54, 1.807) is 53.3 Å². The zero-order valence-corrected chi connectivity index (χ0v) is 15.0. The minimum atomic E-state index is -0.311. The third kappa shape index (κ3) is 4.41.